The van der Waals surface area contributed by atoms with Crippen LogP contribution in [0.1, 0.15) is 18.4 Å². The lowest BCUT2D eigenvalue weighted by atomic mass is 10.1. The average Bonchev–Trinajstić information content (AvgIpc) is 2.65. The van der Waals surface area contributed by atoms with Crippen LogP contribution in [0.2, 0.25) is 0 Å². The van der Waals surface area contributed by atoms with Gasteiger partial charge in [-0.15, -0.1) is 0 Å². The topological polar surface area (TPSA) is 44.5 Å². The Bertz CT molecular complexity index is 355. The summed E-state index contributed by atoms with van der Waals surface area (Å²) in [5.74, 6) is 1.67. The molecule has 0 fully saturated rings. The minimum atomic E-state index is 0.327. The van der Waals surface area contributed by atoms with E-state index in [0.717, 1.165) is 41.8 Å². The molecule has 4 heteroatoms. The van der Waals surface area contributed by atoms with E-state index in [1.54, 1.807) is 0 Å². The molecule has 0 bridgehead atoms. The fraction of sp³-hybridized carbons (Fsp3) is 0.455. The number of ether oxygens (including phenoxy) is 2. The van der Waals surface area contributed by atoms with Crippen LogP contribution in [-0.4, -0.2) is 13.3 Å². The second-order valence-electron chi connectivity index (χ2n) is 3.54. The maximum atomic E-state index is 5.46. The minimum Gasteiger partial charge on any atom is -0.454 e. The summed E-state index contributed by atoms with van der Waals surface area (Å²) in [5.41, 5.74) is 6.72. The summed E-state index contributed by atoms with van der Waals surface area (Å²) in [6.45, 7) is 1.08. The van der Waals surface area contributed by atoms with Gasteiger partial charge in [0.15, 0.2) is 11.5 Å². The molecule has 0 atom stereocenters. The van der Waals surface area contributed by atoms with E-state index in [-0.39, 0.29) is 0 Å². The molecule has 0 radical (unpaired) electrons. The van der Waals surface area contributed by atoms with E-state index in [1.807, 2.05) is 12.1 Å². The molecule has 1 aliphatic rings. The van der Waals surface area contributed by atoms with E-state index in [0.29, 0.717) is 6.79 Å². The zero-order chi connectivity index (χ0) is 10.7. The predicted molar refractivity (Wildman–Crippen MR) is 62.3 cm³/mol. The summed E-state index contributed by atoms with van der Waals surface area (Å²) in [6, 6.07) is 4.02. The van der Waals surface area contributed by atoms with Crippen LogP contribution in [0.25, 0.3) is 0 Å². The van der Waals surface area contributed by atoms with Crippen molar-refractivity contribution in [2.45, 2.75) is 19.3 Å². The molecule has 0 aromatic heterocycles. The van der Waals surface area contributed by atoms with Gasteiger partial charge in [-0.05, 0) is 43.5 Å². The third-order valence-electron chi connectivity index (χ3n) is 2.44. The van der Waals surface area contributed by atoms with Crippen LogP contribution in [-0.2, 0) is 6.42 Å². The number of aryl methyl sites for hydroxylation is 1. The van der Waals surface area contributed by atoms with Gasteiger partial charge in [0.25, 0.3) is 0 Å². The van der Waals surface area contributed by atoms with Gasteiger partial charge in [0.1, 0.15) is 0 Å². The van der Waals surface area contributed by atoms with Crippen molar-refractivity contribution in [3.05, 3.63) is 22.2 Å². The van der Waals surface area contributed by atoms with Crippen LogP contribution < -0.4 is 15.2 Å². The van der Waals surface area contributed by atoms with Crippen LogP contribution in [0.4, 0.5) is 0 Å². The summed E-state index contributed by atoms with van der Waals surface area (Å²) >= 11 is 3.54. The van der Waals surface area contributed by atoms with Crippen LogP contribution in [0, 0.1) is 0 Å². The van der Waals surface area contributed by atoms with Crippen molar-refractivity contribution >= 4 is 15.9 Å². The first kappa shape index (κ1) is 10.8. The zero-order valence-electron chi connectivity index (χ0n) is 8.46. The molecular weight excluding hydrogens is 258 g/mol. The normalized spacial score (nSPS) is 13.2. The number of hydrogen-bond donors (Lipinski definition) is 1. The van der Waals surface area contributed by atoms with Crippen molar-refractivity contribution in [1.82, 2.24) is 0 Å². The summed E-state index contributed by atoms with van der Waals surface area (Å²) in [7, 11) is 0. The van der Waals surface area contributed by atoms with Gasteiger partial charge in [-0.25, -0.2) is 0 Å². The highest BCUT2D eigenvalue weighted by Crippen LogP contribution is 2.37. The lowest BCUT2D eigenvalue weighted by Crippen LogP contribution is -1.99. The lowest BCUT2D eigenvalue weighted by molar-refractivity contribution is 0.174. The van der Waals surface area contributed by atoms with Crippen molar-refractivity contribution in [1.29, 1.82) is 0 Å². The summed E-state index contributed by atoms with van der Waals surface area (Å²) in [4.78, 5) is 0. The largest absolute Gasteiger partial charge is 0.454 e. The molecule has 15 heavy (non-hydrogen) atoms. The van der Waals surface area contributed by atoms with E-state index in [2.05, 4.69) is 15.9 Å². The average molecular weight is 272 g/mol. The van der Waals surface area contributed by atoms with E-state index < -0.39 is 0 Å². The summed E-state index contributed by atoms with van der Waals surface area (Å²) < 4.78 is 11.7. The van der Waals surface area contributed by atoms with E-state index >= 15 is 0 Å². The second-order valence-corrected chi connectivity index (χ2v) is 4.40. The Kier molecular flexibility index (Phi) is 3.49. The Hall–Kier alpha value is -0.740. The zero-order valence-corrected chi connectivity index (χ0v) is 10.0. The molecule has 82 valence electrons. The number of fused-ring (bicyclic) bond motifs is 1. The number of rotatable bonds is 4. The highest BCUT2D eigenvalue weighted by molar-refractivity contribution is 9.10. The monoisotopic (exact) mass is 271 g/mol. The van der Waals surface area contributed by atoms with Gasteiger partial charge in [0.05, 0.1) is 0 Å². The molecule has 0 saturated carbocycles. The van der Waals surface area contributed by atoms with Crippen molar-refractivity contribution in [3.63, 3.8) is 0 Å². The maximum absolute atomic E-state index is 5.46. The first-order chi connectivity index (χ1) is 7.31. The first-order valence-electron chi connectivity index (χ1n) is 5.09. The molecular formula is C11H14BrNO2. The molecule has 1 aromatic rings. The molecule has 2 rings (SSSR count). The van der Waals surface area contributed by atoms with Crippen molar-refractivity contribution < 1.29 is 9.47 Å². The fourth-order valence-electron chi connectivity index (χ4n) is 1.61. The van der Waals surface area contributed by atoms with Crippen LogP contribution in [0.3, 0.4) is 0 Å². The Morgan fingerprint density at radius 3 is 2.67 bits per heavy atom. The maximum Gasteiger partial charge on any atom is 0.231 e. The highest BCUT2D eigenvalue weighted by Gasteiger charge is 2.15. The Balaban J connectivity index is 2.10. The number of benzene rings is 1. The van der Waals surface area contributed by atoms with Crippen molar-refractivity contribution in [3.8, 4) is 11.5 Å². The molecule has 1 aromatic carbocycles. The molecule has 0 aliphatic carbocycles. The van der Waals surface area contributed by atoms with E-state index in [4.69, 9.17) is 15.2 Å². The number of nitrogens with two attached hydrogens (primary N) is 1. The van der Waals surface area contributed by atoms with Crippen LogP contribution >= 0.6 is 15.9 Å². The van der Waals surface area contributed by atoms with Gasteiger partial charge in [0.2, 0.25) is 6.79 Å². The number of hydrogen-bond acceptors (Lipinski definition) is 3. The Morgan fingerprint density at radius 1 is 1.20 bits per heavy atom. The second kappa shape index (κ2) is 4.86. The molecule has 0 saturated heterocycles. The molecule has 0 spiro atoms. The lowest BCUT2D eigenvalue weighted by Gasteiger charge is -2.05. The Morgan fingerprint density at radius 2 is 1.93 bits per heavy atom. The van der Waals surface area contributed by atoms with Gasteiger partial charge >= 0.3 is 0 Å². The summed E-state index contributed by atoms with van der Waals surface area (Å²) in [5, 5.41) is 0. The third kappa shape index (κ3) is 2.44. The van der Waals surface area contributed by atoms with Crippen LogP contribution in [0.5, 0.6) is 11.5 Å². The van der Waals surface area contributed by atoms with Crippen molar-refractivity contribution in [2.24, 2.45) is 5.73 Å². The SMILES string of the molecule is NCCCCc1cc2c(cc1Br)OCO2. The molecule has 0 amide bonds. The quantitative estimate of drug-likeness (QED) is 0.856. The van der Waals surface area contributed by atoms with E-state index in [1.165, 1.54) is 5.56 Å². The van der Waals surface area contributed by atoms with Gasteiger partial charge < -0.3 is 15.2 Å². The Labute approximate surface area is 97.7 Å². The first-order valence-corrected chi connectivity index (χ1v) is 5.88. The highest BCUT2D eigenvalue weighted by atomic mass is 79.9. The van der Waals surface area contributed by atoms with Gasteiger partial charge in [-0.3, -0.25) is 0 Å². The van der Waals surface area contributed by atoms with Crippen molar-refractivity contribution in [2.75, 3.05) is 13.3 Å². The molecule has 3 nitrogen and oxygen atoms in total. The minimum absolute atomic E-state index is 0.327. The fourth-order valence-corrected chi connectivity index (χ4v) is 2.13. The molecule has 0 unspecified atom stereocenters. The number of halogens is 1. The van der Waals surface area contributed by atoms with Gasteiger partial charge in [-0.1, -0.05) is 15.9 Å². The standard InChI is InChI=1S/C11H14BrNO2/c12-9-6-11-10(14-7-15-11)5-8(9)3-1-2-4-13/h5-6H,1-4,7,13H2. The summed E-state index contributed by atoms with van der Waals surface area (Å²) in [6.07, 6.45) is 3.18. The molecule has 1 heterocycles. The van der Waals surface area contributed by atoms with Crippen LogP contribution in [0.15, 0.2) is 16.6 Å². The third-order valence-corrected chi connectivity index (χ3v) is 3.18. The predicted octanol–water partition coefficient (Wildman–Crippen LogP) is 2.46. The van der Waals surface area contributed by atoms with Gasteiger partial charge in [-0.2, -0.15) is 0 Å². The molecule has 2 N–H and O–H groups in total. The van der Waals surface area contributed by atoms with E-state index in [9.17, 15) is 0 Å². The smallest absolute Gasteiger partial charge is 0.231 e. The molecule has 1 aliphatic heterocycles. The van der Waals surface area contributed by atoms with Gasteiger partial charge in [0, 0.05) is 4.47 Å². The number of unbranched alkanes of at least 4 members (excludes halogenated alkanes) is 1.